The Morgan fingerprint density at radius 3 is 2.20 bits per heavy atom. The minimum atomic E-state index is 0.765. The average Bonchev–Trinajstić information content (AvgIpc) is 3.10. The van der Waals surface area contributed by atoms with Crippen LogP contribution in [0.5, 0.6) is 0 Å². The summed E-state index contributed by atoms with van der Waals surface area (Å²) >= 11 is 2.42. The molecule has 0 atom stereocenters. The van der Waals surface area contributed by atoms with E-state index in [2.05, 4.69) is 52.2 Å². The standard InChI is InChI=1S/C13H16IN/c14-11-3-1-2-4-12(11)15-13(9-5-6-9)10-7-8-10/h1-4,9-10,13,15H,5-8H2. The van der Waals surface area contributed by atoms with E-state index in [0.29, 0.717) is 0 Å². The Kier molecular flexibility index (Phi) is 2.63. The van der Waals surface area contributed by atoms with Crippen LogP contribution in [0.1, 0.15) is 25.7 Å². The van der Waals surface area contributed by atoms with Crippen LogP contribution >= 0.6 is 22.6 Å². The van der Waals surface area contributed by atoms with Gasteiger partial charge in [-0.2, -0.15) is 0 Å². The number of hydrogen-bond donors (Lipinski definition) is 1. The first-order valence-corrected chi connectivity index (χ1v) is 6.93. The molecule has 3 rings (SSSR count). The van der Waals surface area contributed by atoms with Gasteiger partial charge in [-0.05, 0) is 72.2 Å². The lowest BCUT2D eigenvalue weighted by Crippen LogP contribution is -2.24. The van der Waals surface area contributed by atoms with E-state index < -0.39 is 0 Å². The van der Waals surface area contributed by atoms with Gasteiger partial charge in [0.15, 0.2) is 0 Å². The molecule has 1 nitrogen and oxygen atoms in total. The van der Waals surface area contributed by atoms with Gasteiger partial charge in [0.2, 0.25) is 0 Å². The maximum Gasteiger partial charge on any atom is 0.0478 e. The van der Waals surface area contributed by atoms with E-state index in [1.54, 1.807) is 0 Å². The molecule has 0 heterocycles. The van der Waals surface area contributed by atoms with E-state index in [1.165, 1.54) is 34.9 Å². The fraction of sp³-hybridized carbons (Fsp3) is 0.538. The summed E-state index contributed by atoms with van der Waals surface area (Å²) in [5.41, 5.74) is 1.34. The van der Waals surface area contributed by atoms with Crippen molar-refractivity contribution >= 4 is 28.3 Å². The molecule has 1 N–H and O–H groups in total. The first-order valence-electron chi connectivity index (χ1n) is 5.85. The van der Waals surface area contributed by atoms with Gasteiger partial charge in [0.05, 0.1) is 0 Å². The lowest BCUT2D eigenvalue weighted by Gasteiger charge is -2.19. The van der Waals surface area contributed by atoms with Crippen molar-refractivity contribution in [2.75, 3.05) is 5.32 Å². The van der Waals surface area contributed by atoms with Crippen molar-refractivity contribution < 1.29 is 0 Å². The fourth-order valence-electron chi connectivity index (χ4n) is 2.29. The van der Waals surface area contributed by atoms with Gasteiger partial charge in [-0.1, -0.05) is 12.1 Å². The summed E-state index contributed by atoms with van der Waals surface area (Å²) in [6.07, 6.45) is 5.77. The number of halogens is 1. The summed E-state index contributed by atoms with van der Waals surface area (Å²) in [6.45, 7) is 0. The normalized spacial score (nSPS) is 20.7. The van der Waals surface area contributed by atoms with Gasteiger partial charge in [0.1, 0.15) is 0 Å². The van der Waals surface area contributed by atoms with Crippen molar-refractivity contribution in [1.29, 1.82) is 0 Å². The Morgan fingerprint density at radius 1 is 1.07 bits per heavy atom. The van der Waals surface area contributed by atoms with Crippen molar-refractivity contribution in [1.82, 2.24) is 0 Å². The number of hydrogen-bond acceptors (Lipinski definition) is 1. The molecule has 2 fully saturated rings. The second-order valence-corrected chi connectivity index (χ2v) is 5.99. The van der Waals surface area contributed by atoms with Gasteiger partial charge in [0.25, 0.3) is 0 Å². The first kappa shape index (κ1) is 9.94. The lowest BCUT2D eigenvalue weighted by molar-refractivity contribution is 0.567. The van der Waals surface area contributed by atoms with Crippen LogP contribution in [0.15, 0.2) is 24.3 Å². The molecule has 0 aromatic heterocycles. The van der Waals surface area contributed by atoms with E-state index in [4.69, 9.17) is 0 Å². The summed E-state index contributed by atoms with van der Waals surface area (Å²) < 4.78 is 1.35. The number of benzene rings is 1. The van der Waals surface area contributed by atoms with Crippen LogP contribution in [0.2, 0.25) is 0 Å². The summed E-state index contributed by atoms with van der Waals surface area (Å²) in [4.78, 5) is 0. The number of rotatable bonds is 4. The highest BCUT2D eigenvalue weighted by atomic mass is 127. The van der Waals surface area contributed by atoms with E-state index in [9.17, 15) is 0 Å². The van der Waals surface area contributed by atoms with Crippen LogP contribution in [0.3, 0.4) is 0 Å². The van der Waals surface area contributed by atoms with Gasteiger partial charge in [-0.15, -0.1) is 0 Å². The first-order chi connectivity index (χ1) is 7.34. The molecule has 0 bridgehead atoms. The Labute approximate surface area is 105 Å². The Hall–Kier alpha value is -0.250. The average molecular weight is 313 g/mol. The fourth-order valence-corrected chi connectivity index (χ4v) is 2.83. The van der Waals surface area contributed by atoms with Crippen LogP contribution in [0.25, 0.3) is 0 Å². The SMILES string of the molecule is Ic1ccccc1NC(C1CC1)C1CC1. The van der Waals surface area contributed by atoms with Crippen LogP contribution in [-0.4, -0.2) is 6.04 Å². The molecule has 1 aromatic rings. The van der Waals surface area contributed by atoms with Crippen LogP contribution < -0.4 is 5.32 Å². The molecule has 15 heavy (non-hydrogen) atoms. The molecule has 0 unspecified atom stereocenters. The zero-order valence-corrected chi connectivity index (χ0v) is 10.9. The number of para-hydroxylation sites is 1. The van der Waals surface area contributed by atoms with Crippen molar-refractivity contribution in [3.63, 3.8) is 0 Å². The van der Waals surface area contributed by atoms with Crippen molar-refractivity contribution in [3.8, 4) is 0 Å². The van der Waals surface area contributed by atoms with E-state index in [1.807, 2.05) is 0 Å². The molecule has 0 amide bonds. The summed E-state index contributed by atoms with van der Waals surface area (Å²) in [6, 6.07) is 9.39. The van der Waals surface area contributed by atoms with Gasteiger partial charge in [0, 0.05) is 15.3 Å². The maximum absolute atomic E-state index is 3.76. The smallest absolute Gasteiger partial charge is 0.0478 e. The third kappa shape index (κ3) is 2.30. The molecule has 1 aromatic carbocycles. The zero-order chi connectivity index (χ0) is 10.3. The largest absolute Gasteiger partial charge is 0.381 e. The highest BCUT2D eigenvalue weighted by molar-refractivity contribution is 14.1. The van der Waals surface area contributed by atoms with Crippen LogP contribution in [0.4, 0.5) is 5.69 Å². The molecule has 80 valence electrons. The highest BCUT2D eigenvalue weighted by Crippen LogP contribution is 2.46. The summed E-state index contributed by atoms with van der Waals surface area (Å²) in [5, 5.41) is 3.76. The van der Waals surface area contributed by atoms with Crippen molar-refractivity contribution in [2.24, 2.45) is 11.8 Å². The third-order valence-electron chi connectivity index (χ3n) is 3.46. The molecule has 0 saturated heterocycles. The quantitative estimate of drug-likeness (QED) is 0.832. The molecule has 2 heteroatoms. The molecule has 2 aliphatic carbocycles. The molecule has 0 radical (unpaired) electrons. The van der Waals surface area contributed by atoms with Gasteiger partial charge >= 0.3 is 0 Å². The van der Waals surface area contributed by atoms with Crippen LogP contribution in [-0.2, 0) is 0 Å². The monoisotopic (exact) mass is 313 g/mol. The Morgan fingerprint density at radius 2 is 1.67 bits per heavy atom. The summed E-state index contributed by atoms with van der Waals surface area (Å²) in [7, 11) is 0. The number of nitrogens with one attached hydrogen (secondary N) is 1. The van der Waals surface area contributed by atoms with Crippen molar-refractivity contribution in [2.45, 2.75) is 31.7 Å². The van der Waals surface area contributed by atoms with Crippen LogP contribution in [0, 0.1) is 15.4 Å². The minimum Gasteiger partial charge on any atom is -0.381 e. The lowest BCUT2D eigenvalue weighted by atomic mass is 10.1. The van der Waals surface area contributed by atoms with E-state index in [-0.39, 0.29) is 0 Å². The number of anilines is 1. The molecular weight excluding hydrogens is 297 g/mol. The molecule has 2 saturated carbocycles. The minimum absolute atomic E-state index is 0.765. The Bertz CT molecular complexity index is 343. The second-order valence-electron chi connectivity index (χ2n) is 4.82. The van der Waals surface area contributed by atoms with Gasteiger partial charge in [-0.25, -0.2) is 0 Å². The molecule has 0 aliphatic heterocycles. The maximum atomic E-state index is 3.76. The van der Waals surface area contributed by atoms with Gasteiger partial charge < -0.3 is 5.32 Å². The topological polar surface area (TPSA) is 12.0 Å². The molecule has 2 aliphatic rings. The predicted molar refractivity (Wildman–Crippen MR) is 72.0 cm³/mol. The van der Waals surface area contributed by atoms with E-state index in [0.717, 1.165) is 17.9 Å². The highest BCUT2D eigenvalue weighted by Gasteiger charge is 2.41. The van der Waals surface area contributed by atoms with Gasteiger partial charge in [-0.3, -0.25) is 0 Å². The summed E-state index contributed by atoms with van der Waals surface area (Å²) in [5.74, 6) is 1.93. The van der Waals surface area contributed by atoms with Crippen molar-refractivity contribution in [3.05, 3.63) is 27.8 Å². The predicted octanol–water partition coefficient (Wildman–Crippen LogP) is 3.89. The molecule has 0 spiro atoms. The molecular formula is C13H16IN. The van der Waals surface area contributed by atoms with E-state index >= 15 is 0 Å². The zero-order valence-electron chi connectivity index (χ0n) is 8.75. The second kappa shape index (κ2) is 3.96. The third-order valence-corrected chi connectivity index (χ3v) is 4.40. The Balaban J connectivity index is 1.74.